The Morgan fingerprint density at radius 1 is 1.25 bits per heavy atom. The van der Waals surface area contributed by atoms with E-state index >= 15 is 0 Å². The molecule has 2 rings (SSSR count). The lowest BCUT2D eigenvalue weighted by Gasteiger charge is -2.22. The number of rotatable bonds is 3. The Kier molecular flexibility index (Phi) is 4.60. The van der Waals surface area contributed by atoms with Gasteiger partial charge in [-0.25, -0.2) is 4.98 Å². The number of nitrogens with zero attached hydrogens (tertiary/aromatic N) is 2. The van der Waals surface area contributed by atoms with Crippen molar-refractivity contribution in [2.75, 3.05) is 6.54 Å². The maximum absolute atomic E-state index is 5.87. The van der Waals surface area contributed by atoms with E-state index in [2.05, 4.69) is 9.97 Å². The summed E-state index contributed by atoms with van der Waals surface area (Å²) in [5.41, 5.74) is 5.87. The van der Waals surface area contributed by atoms with Crippen LogP contribution >= 0.6 is 11.8 Å². The van der Waals surface area contributed by atoms with E-state index in [4.69, 9.17) is 5.73 Å². The molecule has 1 aromatic heterocycles. The van der Waals surface area contributed by atoms with Gasteiger partial charge in [-0.1, -0.05) is 19.3 Å². The topological polar surface area (TPSA) is 51.8 Å². The SMILES string of the molecule is NCC1CCCCCC1Sc1cnccn1. The number of hydrogen-bond acceptors (Lipinski definition) is 4. The van der Waals surface area contributed by atoms with E-state index in [1.54, 1.807) is 12.4 Å². The lowest BCUT2D eigenvalue weighted by atomic mass is 10.0. The Morgan fingerprint density at radius 3 is 2.88 bits per heavy atom. The predicted octanol–water partition coefficient (Wildman–Crippen LogP) is 2.48. The van der Waals surface area contributed by atoms with Gasteiger partial charge < -0.3 is 5.73 Å². The van der Waals surface area contributed by atoms with Crippen LogP contribution in [-0.4, -0.2) is 21.8 Å². The van der Waals surface area contributed by atoms with Crippen molar-refractivity contribution in [3.05, 3.63) is 18.6 Å². The molecule has 1 aliphatic carbocycles. The molecule has 2 N–H and O–H groups in total. The molecule has 1 aliphatic rings. The van der Waals surface area contributed by atoms with Crippen molar-refractivity contribution >= 4 is 11.8 Å². The summed E-state index contributed by atoms with van der Waals surface area (Å²) < 4.78 is 0. The second-order valence-electron chi connectivity index (χ2n) is 4.33. The highest BCUT2D eigenvalue weighted by molar-refractivity contribution is 7.99. The summed E-state index contributed by atoms with van der Waals surface area (Å²) in [5, 5.41) is 1.66. The second-order valence-corrected chi connectivity index (χ2v) is 5.59. The van der Waals surface area contributed by atoms with E-state index in [1.165, 1.54) is 32.1 Å². The molecule has 3 nitrogen and oxygen atoms in total. The molecule has 0 aromatic carbocycles. The molecule has 4 heteroatoms. The molecule has 0 aliphatic heterocycles. The summed E-state index contributed by atoms with van der Waals surface area (Å²) in [6.07, 6.45) is 11.9. The summed E-state index contributed by atoms with van der Waals surface area (Å²) in [7, 11) is 0. The number of hydrogen-bond donors (Lipinski definition) is 1. The van der Waals surface area contributed by atoms with Gasteiger partial charge in [-0.3, -0.25) is 4.98 Å². The number of nitrogens with two attached hydrogens (primary N) is 1. The number of aromatic nitrogens is 2. The molecule has 0 saturated heterocycles. The Labute approximate surface area is 101 Å². The predicted molar refractivity (Wildman–Crippen MR) is 67.3 cm³/mol. The van der Waals surface area contributed by atoms with Crippen molar-refractivity contribution in [2.24, 2.45) is 11.7 Å². The molecular weight excluding hydrogens is 218 g/mol. The molecule has 88 valence electrons. The molecule has 16 heavy (non-hydrogen) atoms. The smallest absolute Gasteiger partial charge is 0.115 e. The highest BCUT2D eigenvalue weighted by atomic mass is 32.2. The van der Waals surface area contributed by atoms with Crippen LogP contribution in [0.25, 0.3) is 0 Å². The minimum atomic E-state index is 0.629. The molecule has 1 heterocycles. The third-order valence-corrected chi connectivity index (χ3v) is 4.58. The Bertz CT molecular complexity index is 304. The molecule has 2 atom stereocenters. The van der Waals surface area contributed by atoms with Gasteiger partial charge in [0, 0.05) is 17.6 Å². The van der Waals surface area contributed by atoms with Crippen LogP contribution in [0.15, 0.2) is 23.6 Å². The number of thioether (sulfide) groups is 1. The van der Waals surface area contributed by atoms with Crippen LogP contribution in [0.5, 0.6) is 0 Å². The van der Waals surface area contributed by atoms with Gasteiger partial charge >= 0.3 is 0 Å². The summed E-state index contributed by atoms with van der Waals surface area (Å²) >= 11 is 1.86. The standard InChI is InChI=1S/C12H19N3S/c13-8-10-4-2-1-3-5-11(10)16-12-9-14-6-7-15-12/h6-7,9-11H,1-5,8,13H2. The van der Waals surface area contributed by atoms with Crippen LogP contribution in [0.1, 0.15) is 32.1 Å². The first-order valence-electron chi connectivity index (χ1n) is 6.03. The third-order valence-electron chi connectivity index (χ3n) is 3.20. The second kappa shape index (κ2) is 6.21. The highest BCUT2D eigenvalue weighted by Crippen LogP contribution is 2.34. The lowest BCUT2D eigenvalue weighted by Crippen LogP contribution is -2.24. The van der Waals surface area contributed by atoms with Crippen LogP contribution in [0.3, 0.4) is 0 Å². The maximum Gasteiger partial charge on any atom is 0.115 e. The molecule has 1 fully saturated rings. The normalized spacial score (nSPS) is 26.3. The molecule has 1 saturated carbocycles. The third kappa shape index (κ3) is 3.19. The van der Waals surface area contributed by atoms with Gasteiger partial charge in [0.1, 0.15) is 5.03 Å². The fourth-order valence-corrected chi connectivity index (χ4v) is 3.55. The first-order valence-corrected chi connectivity index (χ1v) is 6.91. The van der Waals surface area contributed by atoms with Gasteiger partial charge in [-0.2, -0.15) is 0 Å². The first-order chi connectivity index (χ1) is 7.90. The summed E-state index contributed by atoms with van der Waals surface area (Å²) in [6.45, 7) is 0.804. The van der Waals surface area contributed by atoms with E-state index in [0.717, 1.165) is 11.6 Å². The zero-order valence-corrected chi connectivity index (χ0v) is 10.3. The summed E-state index contributed by atoms with van der Waals surface area (Å²) in [6, 6.07) is 0. The highest BCUT2D eigenvalue weighted by Gasteiger charge is 2.23. The summed E-state index contributed by atoms with van der Waals surface area (Å²) in [4.78, 5) is 8.44. The van der Waals surface area contributed by atoms with Crippen molar-refractivity contribution in [2.45, 2.75) is 42.4 Å². The lowest BCUT2D eigenvalue weighted by molar-refractivity contribution is 0.483. The van der Waals surface area contributed by atoms with E-state index in [1.807, 2.05) is 18.0 Å². The molecule has 2 unspecified atom stereocenters. The Hall–Kier alpha value is -0.610. The fraction of sp³-hybridized carbons (Fsp3) is 0.667. The van der Waals surface area contributed by atoms with Crippen molar-refractivity contribution in [3.8, 4) is 0 Å². The quantitative estimate of drug-likeness (QED) is 0.821. The molecule has 1 aromatic rings. The average Bonchev–Trinajstić information content (AvgIpc) is 2.55. The van der Waals surface area contributed by atoms with Crippen molar-refractivity contribution in [1.29, 1.82) is 0 Å². The molecule has 0 radical (unpaired) electrons. The fourth-order valence-electron chi connectivity index (χ4n) is 2.28. The van der Waals surface area contributed by atoms with Crippen LogP contribution in [-0.2, 0) is 0 Å². The van der Waals surface area contributed by atoms with Gasteiger partial charge in [-0.05, 0) is 25.3 Å². The van der Waals surface area contributed by atoms with E-state index in [-0.39, 0.29) is 0 Å². The maximum atomic E-state index is 5.87. The van der Waals surface area contributed by atoms with Gasteiger partial charge in [0.25, 0.3) is 0 Å². The van der Waals surface area contributed by atoms with Gasteiger partial charge in [0.15, 0.2) is 0 Å². The Morgan fingerprint density at radius 2 is 2.12 bits per heavy atom. The molecular formula is C12H19N3S. The van der Waals surface area contributed by atoms with Crippen molar-refractivity contribution < 1.29 is 0 Å². The minimum Gasteiger partial charge on any atom is -0.330 e. The van der Waals surface area contributed by atoms with Gasteiger partial charge in [0.2, 0.25) is 0 Å². The first kappa shape index (κ1) is 11.9. The van der Waals surface area contributed by atoms with E-state index in [9.17, 15) is 0 Å². The molecule has 0 amide bonds. The van der Waals surface area contributed by atoms with Gasteiger partial charge in [0.05, 0.1) is 6.20 Å². The molecule has 0 spiro atoms. The largest absolute Gasteiger partial charge is 0.330 e. The van der Waals surface area contributed by atoms with Crippen LogP contribution in [0, 0.1) is 5.92 Å². The Balaban J connectivity index is 2.00. The average molecular weight is 237 g/mol. The van der Waals surface area contributed by atoms with E-state index < -0.39 is 0 Å². The summed E-state index contributed by atoms with van der Waals surface area (Å²) in [5.74, 6) is 0.648. The van der Waals surface area contributed by atoms with Crippen LogP contribution in [0.4, 0.5) is 0 Å². The van der Waals surface area contributed by atoms with Gasteiger partial charge in [-0.15, -0.1) is 11.8 Å². The van der Waals surface area contributed by atoms with Crippen molar-refractivity contribution in [3.63, 3.8) is 0 Å². The zero-order valence-electron chi connectivity index (χ0n) is 9.51. The minimum absolute atomic E-state index is 0.629. The van der Waals surface area contributed by atoms with Crippen LogP contribution in [0.2, 0.25) is 0 Å². The van der Waals surface area contributed by atoms with Crippen LogP contribution < -0.4 is 5.73 Å². The van der Waals surface area contributed by atoms with Crippen molar-refractivity contribution in [1.82, 2.24) is 9.97 Å². The van der Waals surface area contributed by atoms with E-state index in [0.29, 0.717) is 11.2 Å². The zero-order chi connectivity index (χ0) is 11.2. The monoisotopic (exact) mass is 237 g/mol. The molecule has 0 bridgehead atoms.